The average Bonchev–Trinajstić information content (AvgIpc) is 2.44. The Labute approximate surface area is 125 Å². The average molecular weight is 307 g/mol. The maximum atomic E-state index is 12.8. The van der Waals surface area contributed by atoms with Crippen LogP contribution in [0.4, 0.5) is 10.1 Å². The molecule has 2 aromatic rings. The Kier molecular flexibility index (Phi) is 4.74. The fourth-order valence-corrected chi connectivity index (χ4v) is 2.44. The first-order chi connectivity index (χ1) is 9.95. The number of anilines is 1. The van der Waals surface area contributed by atoms with Crippen molar-refractivity contribution in [2.45, 2.75) is 12.1 Å². The predicted octanol–water partition coefficient (Wildman–Crippen LogP) is 1.96. The summed E-state index contributed by atoms with van der Waals surface area (Å²) in [4.78, 5) is 27.6. The number of benzene rings is 1. The van der Waals surface area contributed by atoms with Crippen molar-refractivity contribution >= 4 is 23.4 Å². The van der Waals surface area contributed by atoms with Gasteiger partial charge in [0.25, 0.3) is 5.56 Å². The third-order valence-electron chi connectivity index (χ3n) is 2.68. The molecule has 0 fully saturated rings. The lowest BCUT2D eigenvalue weighted by Crippen LogP contribution is -2.21. The second-order valence-electron chi connectivity index (χ2n) is 4.42. The molecule has 21 heavy (non-hydrogen) atoms. The summed E-state index contributed by atoms with van der Waals surface area (Å²) >= 11 is 1.17. The van der Waals surface area contributed by atoms with E-state index in [-0.39, 0.29) is 23.0 Å². The molecule has 0 saturated heterocycles. The first-order valence-electron chi connectivity index (χ1n) is 6.18. The van der Waals surface area contributed by atoms with Gasteiger partial charge in [-0.15, -0.1) is 0 Å². The fraction of sp³-hybridized carbons (Fsp3) is 0.214. The lowest BCUT2D eigenvalue weighted by atomic mass is 10.3. The minimum absolute atomic E-state index is 0.112. The smallest absolute Gasteiger partial charge is 0.254 e. The fourth-order valence-electron chi connectivity index (χ4n) is 1.62. The molecule has 0 unspecified atom stereocenters. The van der Waals surface area contributed by atoms with E-state index in [1.807, 2.05) is 0 Å². The molecule has 0 bridgehead atoms. The number of hydrogen-bond acceptors (Lipinski definition) is 4. The van der Waals surface area contributed by atoms with Gasteiger partial charge in [-0.05, 0) is 31.2 Å². The molecule has 7 heteroatoms. The molecule has 0 atom stereocenters. The number of rotatable bonds is 4. The van der Waals surface area contributed by atoms with Crippen LogP contribution < -0.4 is 10.9 Å². The lowest BCUT2D eigenvalue weighted by Gasteiger charge is -2.08. The van der Waals surface area contributed by atoms with Crippen molar-refractivity contribution in [2.75, 3.05) is 11.1 Å². The Balaban J connectivity index is 1.98. The molecule has 5 nitrogen and oxygen atoms in total. The molecule has 1 aromatic carbocycles. The highest BCUT2D eigenvalue weighted by Gasteiger charge is 2.08. The van der Waals surface area contributed by atoms with Crippen LogP contribution in [0.3, 0.4) is 0 Å². The summed E-state index contributed by atoms with van der Waals surface area (Å²) in [5.41, 5.74) is 0.969. The van der Waals surface area contributed by atoms with E-state index in [0.29, 0.717) is 16.5 Å². The van der Waals surface area contributed by atoms with Crippen LogP contribution in [0.5, 0.6) is 0 Å². The number of carbonyl (C=O) groups is 1. The highest BCUT2D eigenvalue weighted by Crippen LogP contribution is 2.14. The number of carbonyl (C=O) groups excluding carboxylic acids is 1. The normalized spacial score (nSPS) is 10.4. The molecule has 0 radical (unpaired) electrons. The maximum absolute atomic E-state index is 12.8. The zero-order valence-electron chi connectivity index (χ0n) is 11.6. The number of nitrogens with one attached hydrogen (secondary N) is 1. The molecule has 1 heterocycles. The molecular formula is C14H14FN3O2S. The molecule has 110 valence electrons. The third-order valence-corrected chi connectivity index (χ3v) is 3.71. The number of halogens is 1. The van der Waals surface area contributed by atoms with Crippen molar-refractivity contribution in [3.8, 4) is 0 Å². The van der Waals surface area contributed by atoms with Gasteiger partial charge < -0.3 is 5.32 Å². The molecule has 1 aromatic heterocycles. The molecule has 1 N–H and O–H groups in total. The molecule has 0 aliphatic rings. The van der Waals surface area contributed by atoms with Crippen LogP contribution >= 0.6 is 11.8 Å². The van der Waals surface area contributed by atoms with Crippen molar-refractivity contribution in [1.29, 1.82) is 0 Å². The van der Waals surface area contributed by atoms with Crippen molar-refractivity contribution in [2.24, 2.45) is 7.05 Å². The van der Waals surface area contributed by atoms with Crippen LogP contribution in [0.25, 0.3) is 0 Å². The largest absolute Gasteiger partial charge is 0.325 e. The Hall–Kier alpha value is -2.15. The van der Waals surface area contributed by atoms with E-state index in [1.54, 1.807) is 14.0 Å². The predicted molar refractivity (Wildman–Crippen MR) is 80.0 cm³/mol. The topological polar surface area (TPSA) is 64.0 Å². The summed E-state index contributed by atoms with van der Waals surface area (Å²) < 4.78 is 14.1. The van der Waals surface area contributed by atoms with E-state index in [2.05, 4.69) is 10.3 Å². The zero-order valence-corrected chi connectivity index (χ0v) is 12.4. The van der Waals surface area contributed by atoms with E-state index in [0.717, 1.165) is 0 Å². The molecule has 0 aliphatic carbocycles. The minimum Gasteiger partial charge on any atom is -0.325 e. The van der Waals surface area contributed by atoms with E-state index >= 15 is 0 Å². The van der Waals surface area contributed by atoms with E-state index in [1.165, 1.54) is 46.7 Å². The van der Waals surface area contributed by atoms with Gasteiger partial charge in [-0.2, -0.15) is 0 Å². The Morgan fingerprint density at radius 3 is 2.71 bits per heavy atom. The number of aryl methyl sites for hydroxylation is 1. The second kappa shape index (κ2) is 6.53. The summed E-state index contributed by atoms with van der Waals surface area (Å²) in [6.45, 7) is 1.73. The van der Waals surface area contributed by atoms with Crippen molar-refractivity contribution < 1.29 is 9.18 Å². The van der Waals surface area contributed by atoms with Gasteiger partial charge in [-0.3, -0.25) is 14.2 Å². The van der Waals surface area contributed by atoms with Gasteiger partial charge in [0.1, 0.15) is 5.82 Å². The maximum Gasteiger partial charge on any atom is 0.254 e. The van der Waals surface area contributed by atoms with Gasteiger partial charge in [0.05, 0.1) is 5.75 Å². The molecular weight excluding hydrogens is 293 g/mol. The second-order valence-corrected chi connectivity index (χ2v) is 5.36. The monoisotopic (exact) mass is 307 g/mol. The molecule has 0 spiro atoms. The number of nitrogens with zero attached hydrogens (tertiary/aromatic N) is 2. The molecule has 0 aliphatic heterocycles. The number of amides is 1. The van der Waals surface area contributed by atoms with Gasteiger partial charge in [-0.25, -0.2) is 9.37 Å². The third kappa shape index (κ3) is 4.16. The Morgan fingerprint density at radius 1 is 1.38 bits per heavy atom. The van der Waals surface area contributed by atoms with Crippen LogP contribution in [-0.4, -0.2) is 21.2 Å². The van der Waals surface area contributed by atoms with Crippen LogP contribution in [0.2, 0.25) is 0 Å². The highest BCUT2D eigenvalue weighted by atomic mass is 32.2. The first-order valence-corrected chi connectivity index (χ1v) is 7.17. The molecule has 1 amide bonds. The van der Waals surface area contributed by atoms with Gasteiger partial charge in [-0.1, -0.05) is 11.8 Å². The molecule has 0 saturated carbocycles. The Morgan fingerprint density at radius 2 is 2.05 bits per heavy atom. The number of hydrogen-bond donors (Lipinski definition) is 1. The van der Waals surface area contributed by atoms with Gasteiger partial charge >= 0.3 is 0 Å². The number of thioether (sulfide) groups is 1. The van der Waals surface area contributed by atoms with Crippen LogP contribution in [0.1, 0.15) is 5.69 Å². The first kappa shape index (κ1) is 15.2. The van der Waals surface area contributed by atoms with E-state index in [9.17, 15) is 14.0 Å². The van der Waals surface area contributed by atoms with Crippen LogP contribution in [0.15, 0.2) is 40.3 Å². The van der Waals surface area contributed by atoms with Gasteiger partial charge in [0, 0.05) is 24.5 Å². The standard InChI is InChI=1S/C14H14FN3O2S/c1-9-7-13(20)18(2)14(16-9)21-8-12(19)17-11-5-3-10(15)4-6-11/h3-7H,8H2,1-2H3,(H,17,19). The lowest BCUT2D eigenvalue weighted by molar-refractivity contribution is -0.113. The van der Waals surface area contributed by atoms with Crippen LogP contribution in [-0.2, 0) is 11.8 Å². The van der Waals surface area contributed by atoms with Crippen molar-refractivity contribution in [3.05, 3.63) is 52.2 Å². The SMILES string of the molecule is Cc1cc(=O)n(C)c(SCC(=O)Nc2ccc(F)cc2)n1. The zero-order chi connectivity index (χ0) is 15.4. The van der Waals surface area contributed by atoms with Crippen LogP contribution in [0, 0.1) is 12.7 Å². The summed E-state index contributed by atoms with van der Waals surface area (Å²) in [5.74, 6) is -0.495. The summed E-state index contributed by atoms with van der Waals surface area (Å²) in [7, 11) is 1.61. The van der Waals surface area contributed by atoms with Crippen molar-refractivity contribution in [3.63, 3.8) is 0 Å². The summed E-state index contributed by atoms with van der Waals surface area (Å²) in [5, 5.41) is 3.13. The van der Waals surface area contributed by atoms with Crippen molar-refractivity contribution in [1.82, 2.24) is 9.55 Å². The van der Waals surface area contributed by atoms with Gasteiger partial charge in [0.15, 0.2) is 5.16 Å². The van der Waals surface area contributed by atoms with E-state index < -0.39 is 0 Å². The molecule has 2 rings (SSSR count). The number of aromatic nitrogens is 2. The summed E-state index contributed by atoms with van der Waals surface area (Å²) in [6, 6.07) is 6.95. The summed E-state index contributed by atoms with van der Waals surface area (Å²) in [6.07, 6.45) is 0. The quantitative estimate of drug-likeness (QED) is 0.693. The van der Waals surface area contributed by atoms with Gasteiger partial charge in [0.2, 0.25) is 5.91 Å². The van der Waals surface area contributed by atoms with E-state index in [4.69, 9.17) is 0 Å². The Bertz CT molecular complexity index is 713. The minimum atomic E-state index is -0.360. The highest BCUT2D eigenvalue weighted by molar-refractivity contribution is 7.99.